The van der Waals surface area contributed by atoms with Gasteiger partial charge in [0.15, 0.2) is 0 Å². The van der Waals surface area contributed by atoms with Crippen LogP contribution in [-0.2, 0) is 4.74 Å². The summed E-state index contributed by atoms with van der Waals surface area (Å²) in [5, 5.41) is 2.76. The summed E-state index contributed by atoms with van der Waals surface area (Å²) < 4.78 is 5.19. The van der Waals surface area contributed by atoms with Gasteiger partial charge in [-0.25, -0.2) is 4.79 Å². The van der Waals surface area contributed by atoms with Gasteiger partial charge < -0.3 is 15.8 Å². The van der Waals surface area contributed by atoms with Crippen molar-refractivity contribution in [3.8, 4) is 0 Å². The van der Waals surface area contributed by atoms with E-state index in [1.54, 1.807) is 0 Å². The van der Waals surface area contributed by atoms with E-state index < -0.39 is 0 Å². The quantitative estimate of drug-likeness (QED) is 0.705. The van der Waals surface area contributed by atoms with Crippen LogP contribution in [0.5, 0.6) is 0 Å². The number of nitrogens with two attached hydrogens (primary N) is 1. The molecule has 0 aromatic rings. The van der Waals surface area contributed by atoms with E-state index in [9.17, 15) is 4.79 Å². The maximum absolute atomic E-state index is 11.3. The van der Waals surface area contributed by atoms with Crippen LogP contribution < -0.4 is 11.1 Å². The van der Waals surface area contributed by atoms with Gasteiger partial charge in [-0.1, -0.05) is 0 Å². The van der Waals surface area contributed by atoms with Crippen molar-refractivity contribution in [1.29, 1.82) is 0 Å². The van der Waals surface area contributed by atoms with Crippen LogP contribution in [-0.4, -0.2) is 24.3 Å². The van der Waals surface area contributed by atoms with Gasteiger partial charge in [0.2, 0.25) is 0 Å². The van der Waals surface area contributed by atoms with Crippen molar-refractivity contribution in [2.24, 2.45) is 11.7 Å². The third-order valence-corrected chi connectivity index (χ3v) is 2.28. The Morgan fingerprint density at radius 1 is 1.50 bits per heavy atom. The molecular weight excluding hydrogens is 180 g/mol. The summed E-state index contributed by atoms with van der Waals surface area (Å²) in [7, 11) is 0. The minimum Gasteiger partial charge on any atom is -0.446 e. The number of alkyl carbamates (subject to hydrolysis) is 1. The second-order valence-corrected chi connectivity index (χ2v) is 4.98. The molecule has 4 nitrogen and oxygen atoms in total. The summed E-state index contributed by atoms with van der Waals surface area (Å²) in [6, 6.07) is 0. The number of carbonyl (C=O) groups is 1. The molecule has 1 rings (SSSR count). The zero-order valence-corrected chi connectivity index (χ0v) is 9.17. The Hall–Kier alpha value is -0.770. The maximum atomic E-state index is 11.3. The fraction of sp³-hybridized carbons (Fsp3) is 0.900. The first-order chi connectivity index (χ1) is 6.40. The molecule has 0 radical (unpaired) electrons. The van der Waals surface area contributed by atoms with Gasteiger partial charge in [0.25, 0.3) is 0 Å². The first kappa shape index (κ1) is 11.3. The fourth-order valence-corrected chi connectivity index (χ4v) is 1.45. The topological polar surface area (TPSA) is 64.3 Å². The highest BCUT2D eigenvalue weighted by Crippen LogP contribution is 2.28. The van der Waals surface area contributed by atoms with Crippen LogP contribution >= 0.6 is 0 Å². The van der Waals surface area contributed by atoms with E-state index in [2.05, 4.69) is 5.32 Å². The molecule has 1 aliphatic carbocycles. The Bertz CT molecular complexity index is 205. The molecule has 1 fully saturated rings. The number of hydrogen-bond donors (Lipinski definition) is 2. The molecule has 82 valence electrons. The molecule has 1 amide bonds. The Morgan fingerprint density at radius 2 is 2.07 bits per heavy atom. The van der Waals surface area contributed by atoms with Crippen LogP contribution in [0.1, 0.15) is 33.6 Å². The third-order valence-electron chi connectivity index (χ3n) is 2.28. The van der Waals surface area contributed by atoms with Crippen molar-refractivity contribution in [3.05, 3.63) is 0 Å². The Morgan fingerprint density at radius 3 is 2.50 bits per heavy atom. The Labute approximate surface area is 85.2 Å². The molecular formula is C10H20N2O2. The van der Waals surface area contributed by atoms with Crippen LogP contribution in [0.2, 0.25) is 0 Å². The molecule has 14 heavy (non-hydrogen) atoms. The van der Waals surface area contributed by atoms with E-state index in [0.717, 1.165) is 12.8 Å². The lowest BCUT2D eigenvalue weighted by atomic mass is 9.82. The highest BCUT2D eigenvalue weighted by Gasteiger charge is 2.31. The first-order valence-electron chi connectivity index (χ1n) is 5.09. The molecule has 1 saturated carbocycles. The second-order valence-electron chi connectivity index (χ2n) is 4.98. The van der Waals surface area contributed by atoms with Crippen LogP contribution in [0.15, 0.2) is 0 Å². The average Bonchev–Trinajstić information content (AvgIpc) is 1.91. The fourth-order valence-electron chi connectivity index (χ4n) is 1.45. The van der Waals surface area contributed by atoms with Gasteiger partial charge in [0, 0.05) is 5.54 Å². The van der Waals surface area contributed by atoms with E-state index in [4.69, 9.17) is 10.5 Å². The Kier molecular flexibility index (Phi) is 3.37. The lowest BCUT2D eigenvalue weighted by molar-refractivity contribution is 0.0172. The van der Waals surface area contributed by atoms with Gasteiger partial charge in [-0.2, -0.15) is 0 Å². The molecule has 0 heterocycles. The van der Waals surface area contributed by atoms with Crippen molar-refractivity contribution >= 4 is 6.09 Å². The number of ether oxygens (including phenoxy) is 1. The van der Waals surface area contributed by atoms with Gasteiger partial charge in [-0.05, 0) is 46.1 Å². The van der Waals surface area contributed by atoms with E-state index in [-0.39, 0.29) is 17.7 Å². The van der Waals surface area contributed by atoms with Crippen LogP contribution in [0.4, 0.5) is 4.79 Å². The average molecular weight is 200 g/mol. The highest BCUT2D eigenvalue weighted by molar-refractivity contribution is 5.68. The molecule has 0 aromatic carbocycles. The largest absolute Gasteiger partial charge is 0.446 e. The summed E-state index contributed by atoms with van der Waals surface area (Å²) in [6.07, 6.45) is 1.58. The summed E-state index contributed by atoms with van der Waals surface area (Å²) >= 11 is 0. The summed E-state index contributed by atoms with van der Waals surface area (Å²) in [6.45, 7) is 6.48. The molecule has 0 unspecified atom stereocenters. The smallest absolute Gasteiger partial charge is 0.407 e. The van der Waals surface area contributed by atoms with Gasteiger partial charge in [0.05, 0.1) is 0 Å². The molecule has 0 aromatic heterocycles. The van der Waals surface area contributed by atoms with E-state index in [1.807, 2.05) is 20.8 Å². The molecule has 0 spiro atoms. The van der Waals surface area contributed by atoms with Gasteiger partial charge in [-0.3, -0.25) is 0 Å². The van der Waals surface area contributed by atoms with Gasteiger partial charge in [0.1, 0.15) is 6.10 Å². The minimum absolute atomic E-state index is 0.0749. The van der Waals surface area contributed by atoms with Gasteiger partial charge >= 0.3 is 6.09 Å². The van der Waals surface area contributed by atoms with Crippen molar-refractivity contribution in [1.82, 2.24) is 5.32 Å². The first-order valence-corrected chi connectivity index (χ1v) is 5.09. The van der Waals surface area contributed by atoms with E-state index >= 15 is 0 Å². The van der Waals surface area contributed by atoms with Crippen molar-refractivity contribution < 1.29 is 9.53 Å². The Balaban J connectivity index is 2.17. The van der Waals surface area contributed by atoms with Crippen molar-refractivity contribution in [2.75, 3.05) is 6.54 Å². The molecule has 1 aliphatic rings. The van der Waals surface area contributed by atoms with Crippen molar-refractivity contribution in [2.45, 2.75) is 45.3 Å². The summed E-state index contributed by atoms with van der Waals surface area (Å²) in [5.74, 6) is 0.544. The lowest BCUT2D eigenvalue weighted by Crippen LogP contribution is -2.45. The predicted molar refractivity (Wildman–Crippen MR) is 54.9 cm³/mol. The van der Waals surface area contributed by atoms with Crippen LogP contribution in [0.25, 0.3) is 0 Å². The zero-order valence-electron chi connectivity index (χ0n) is 9.17. The number of hydrogen-bond acceptors (Lipinski definition) is 3. The number of carbonyl (C=O) groups excluding carboxylic acids is 1. The monoisotopic (exact) mass is 200 g/mol. The predicted octanol–water partition coefficient (Wildman–Crippen LogP) is 1.25. The molecule has 0 atom stereocenters. The lowest BCUT2D eigenvalue weighted by Gasteiger charge is -2.34. The molecule has 0 aliphatic heterocycles. The van der Waals surface area contributed by atoms with Gasteiger partial charge in [-0.15, -0.1) is 0 Å². The number of rotatable bonds is 2. The number of nitrogens with one attached hydrogen (secondary N) is 1. The summed E-state index contributed by atoms with van der Waals surface area (Å²) in [4.78, 5) is 11.3. The van der Waals surface area contributed by atoms with E-state index in [1.165, 1.54) is 0 Å². The maximum Gasteiger partial charge on any atom is 0.407 e. The molecule has 3 N–H and O–H groups in total. The van der Waals surface area contributed by atoms with Crippen LogP contribution in [0.3, 0.4) is 0 Å². The normalized spacial score (nSPS) is 26.6. The van der Waals surface area contributed by atoms with Crippen molar-refractivity contribution in [3.63, 3.8) is 0 Å². The van der Waals surface area contributed by atoms with E-state index in [0.29, 0.717) is 12.5 Å². The molecule has 0 saturated heterocycles. The zero-order chi connectivity index (χ0) is 10.8. The standard InChI is InChI=1S/C10H20N2O2/c1-10(2,3)12-9(13)14-8-4-7(5-8)6-11/h7-8H,4-6,11H2,1-3H3,(H,12,13). The molecule has 0 bridgehead atoms. The summed E-state index contributed by atoms with van der Waals surface area (Å²) in [5.41, 5.74) is 5.24. The molecule has 4 heteroatoms. The third kappa shape index (κ3) is 3.54. The SMILES string of the molecule is CC(C)(C)NC(=O)OC1CC(CN)C1. The highest BCUT2D eigenvalue weighted by atomic mass is 16.6. The minimum atomic E-state index is -0.321. The second kappa shape index (κ2) is 4.17. The van der Waals surface area contributed by atoms with Crippen LogP contribution in [0, 0.1) is 5.92 Å². The number of amides is 1.